The van der Waals surface area contributed by atoms with Crippen LogP contribution in [0.15, 0.2) is 43.0 Å². The molecule has 0 spiro atoms. The van der Waals surface area contributed by atoms with E-state index in [1.54, 1.807) is 19.1 Å². The van der Waals surface area contributed by atoms with Crippen LogP contribution < -0.4 is 14.7 Å². The molecule has 0 N–H and O–H groups in total. The van der Waals surface area contributed by atoms with Gasteiger partial charge < -0.3 is 48.7 Å². The zero-order chi connectivity index (χ0) is 46.7. The molecule has 0 radical (unpaired) electrons. The Balaban J connectivity index is 0.000000171. The molecule has 17 nitrogen and oxygen atoms in total. The molecule has 5 aliphatic rings. The highest BCUT2D eigenvalue weighted by Gasteiger charge is 2.47. The molecule has 6 heterocycles. The molecular formula is C45H57Cl3N8O9. The van der Waals surface area contributed by atoms with Crippen LogP contribution in [0, 0.1) is 11.8 Å². The number of anilines is 3. The first-order valence-corrected chi connectivity index (χ1v) is 22.9. The van der Waals surface area contributed by atoms with E-state index in [1.165, 1.54) is 0 Å². The van der Waals surface area contributed by atoms with Gasteiger partial charge in [-0.2, -0.15) is 4.79 Å². The van der Waals surface area contributed by atoms with Gasteiger partial charge in [-0.05, 0) is 76.1 Å². The van der Waals surface area contributed by atoms with Crippen molar-refractivity contribution in [3.8, 4) is 0 Å². The van der Waals surface area contributed by atoms with E-state index >= 15 is 0 Å². The maximum Gasteiger partial charge on any atom is 0.413 e. The summed E-state index contributed by atoms with van der Waals surface area (Å²) in [6.45, 7) is 19.5. The highest BCUT2D eigenvalue weighted by molar-refractivity contribution is 6.31. The summed E-state index contributed by atoms with van der Waals surface area (Å²) in [6.07, 6.45) is 4.00. The van der Waals surface area contributed by atoms with Crippen molar-refractivity contribution in [2.75, 3.05) is 113 Å². The summed E-state index contributed by atoms with van der Waals surface area (Å²) in [5.41, 5.74) is 10.3. The summed E-state index contributed by atoms with van der Waals surface area (Å²) < 4.78 is 30.5. The van der Waals surface area contributed by atoms with Gasteiger partial charge in [-0.25, -0.2) is 19.7 Å². The Morgan fingerprint density at radius 2 is 1.02 bits per heavy atom. The minimum Gasteiger partial charge on any atom is -0.466 e. The minimum atomic E-state index is -0.630. The maximum absolute atomic E-state index is 11.8. The lowest BCUT2D eigenvalue weighted by atomic mass is 10.2. The van der Waals surface area contributed by atoms with E-state index in [0.717, 1.165) is 99.9 Å². The summed E-state index contributed by atoms with van der Waals surface area (Å²) >= 11 is 18.4. The summed E-state index contributed by atoms with van der Waals surface area (Å²) in [7, 11) is 0. The number of rotatable bonds is 12. The molecule has 4 atom stereocenters. The zero-order valence-electron chi connectivity index (χ0n) is 37.0. The van der Waals surface area contributed by atoms with E-state index < -0.39 is 5.97 Å². The molecule has 0 unspecified atom stereocenters. The molecule has 20 heteroatoms. The fraction of sp³-hybridized carbons (Fsp3) is 0.533. The summed E-state index contributed by atoms with van der Waals surface area (Å²) in [5, 5.41) is 2.02. The number of ether oxygens (including phenoxy) is 6. The van der Waals surface area contributed by atoms with Crippen LogP contribution in [-0.4, -0.2) is 143 Å². The van der Waals surface area contributed by atoms with E-state index in [0.29, 0.717) is 67.5 Å². The molecule has 3 saturated heterocycles. The van der Waals surface area contributed by atoms with Crippen molar-refractivity contribution in [3.63, 3.8) is 0 Å². The number of nitrogens with zero attached hydrogens (tertiary/aromatic N) is 8. The molecule has 3 aromatic rings. The highest BCUT2D eigenvalue weighted by atomic mass is 35.5. The van der Waals surface area contributed by atoms with Crippen molar-refractivity contribution >= 4 is 82.5 Å². The van der Waals surface area contributed by atoms with Gasteiger partial charge >= 0.3 is 24.1 Å². The molecule has 5 fully saturated rings. The van der Waals surface area contributed by atoms with Gasteiger partial charge in [0.2, 0.25) is 0 Å². The topological polar surface area (TPSA) is 191 Å². The monoisotopic (exact) mass is 958 g/mol. The number of hydrogen-bond acceptors (Lipinski definition) is 15. The second kappa shape index (κ2) is 26.3. The van der Waals surface area contributed by atoms with Crippen molar-refractivity contribution < 1.29 is 47.6 Å². The number of pyridine rings is 3. The van der Waals surface area contributed by atoms with Crippen molar-refractivity contribution in [3.05, 3.63) is 80.7 Å². The van der Waals surface area contributed by atoms with E-state index in [1.807, 2.05) is 44.2 Å². The smallest absolute Gasteiger partial charge is 0.413 e. The second-order valence-corrected chi connectivity index (χ2v) is 16.4. The Morgan fingerprint density at radius 1 is 0.646 bits per heavy atom. The van der Waals surface area contributed by atoms with E-state index in [-0.39, 0.29) is 35.6 Å². The van der Waals surface area contributed by atoms with Gasteiger partial charge in [-0.15, -0.1) is 0 Å². The van der Waals surface area contributed by atoms with Gasteiger partial charge in [-0.3, -0.25) is 9.59 Å². The number of hydrogen-bond donors (Lipinski definition) is 0. The largest absolute Gasteiger partial charge is 0.466 e. The third-order valence-corrected chi connectivity index (χ3v) is 11.2. The van der Waals surface area contributed by atoms with Crippen molar-refractivity contribution in [2.24, 2.45) is 11.8 Å². The van der Waals surface area contributed by atoms with E-state index in [2.05, 4.69) is 35.8 Å². The van der Waals surface area contributed by atoms with Gasteiger partial charge in [0.15, 0.2) is 0 Å². The number of esters is 3. The standard InChI is InChI=1S/2C15H19ClN2O3.C11H13ClN2O.C4H6N2O2/c2*1-2-21-15(19)12-9-11(12)13-7-10(16)8-14(17-13)18-3-5-20-6-4-18;1-2-10-7-9(12)8-11(13-10)14-3-5-15-6-4-14;1-2-8-4(7)3-6-5/h2*7-8,11-12H,2-6,9H2,1H3;2,7-8H,1,3-6H2;3H,2H2,1H3/t11-,12+;11-,12-;;/m11../s1. The Morgan fingerprint density at radius 3 is 1.37 bits per heavy atom. The lowest BCUT2D eigenvalue weighted by Gasteiger charge is -2.28. The van der Waals surface area contributed by atoms with Crippen LogP contribution in [0.2, 0.25) is 15.1 Å². The molecule has 3 aliphatic heterocycles. The lowest BCUT2D eigenvalue weighted by molar-refractivity contribution is -0.145. The minimum absolute atomic E-state index is 0.0616. The van der Waals surface area contributed by atoms with Crippen LogP contribution in [0.4, 0.5) is 17.5 Å². The first-order valence-electron chi connectivity index (χ1n) is 21.8. The van der Waals surface area contributed by atoms with Crippen molar-refractivity contribution in [2.45, 2.75) is 45.4 Å². The van der Waals surface area contributed by atoms with Crippen LogP contribution >= 0.6 is 34.8 Å². The third kappa shape index (κ3) is 16.2. The molecular weight excluding hydrogens is 903 g/mol. The lowest BCUT2D eigenvalue weighted by Crippen LogP contribution is -2.36. The summed E-state index contributed by atoms with van der Waals surface area (Å²) in [6, 6.07) is 11.1. The molecule has 0 amide bonds. The molecule has 2 aliphatic carbocycles. The predicted molar refractivity (Wildman–Crippen MR) is 248 cm³/mol. The molecule has 3 aromatic heterocycles. The normalized spacial score (nSPS) is 20.7. The van der Waals surface area contributed by atoms with Gasteiger partial charge in [0, 0.05) is 77.6 Å². The molecule has 352 valence electrons. The number of halogens is 3. The number of morpholine rings is 3. The zero-order valence-corrected chi connectivity index (χ0v) is 39.3. The summed E-state index contributed by atoms with van der Waals surface area (Å²) in [4.78, 5) is 56.4. The van der Waals surface area contributed by atoms with Gasteiger partial charge in [-0.1, -0.05) is 41.4 Å². The van der Waals surface area contributed by atoms with Crippen LogP contribution in [-0.2, 0) is 42.8 Å². The third-order valence-electron chi connectivity index (χ3n) is 10.6. The Bertz CT molecular complexity index is 2020. The molecule has 65 heavy (non-hydrogen) atoms. The van der Waals surface area contributed by atoms with Gasteiger partial charge in [0.1, 0.15) is 17.5 Å². The van der Waals surface area contributed by atoms with Crippen LogP contribution in [0.1, 0.15) is 62.5 Å². The number of carbonyl (C=O) groups excluding carboxylic acids is 3. The Hall–Kier alpha value is -4.87. The maximum atomic E-state index is 11.8. The van der Waals surface area contributed by atoms with Crippen LogP contribution in [0.25, 0.3) is 11.6 Å². The first-order chi connectivity index (χ1) is 31.5. The fourth-order valence-corrected chi connectivity index (χ4v) is 7.78. The van der Waals surface area contributed by atoms with E-state index in [9.17, 15) is 14.4 Å². The SMILES string of the molecule is C=Cc1cc(Cl)cc(N2CCOCC2)n1.CCOC(=O)C=[N+]=[N-].CCOC(=O)[C@@H]1C[C@H]1c1cc(Cl)cc(N2CCOCC2)n1.CCOC(=O)[C@H]1C[C@H]1c1cc(Cl)cc(N2CCOCC2)n1. The molecule has 0 aromatic carbocycles. The van der Waals surface area contributed by atoms with Gasteiger partial charge in [0.05, 0.1) is 77.0 Å². The highest BCUT2D eigenvalue weighted by Crippen LogP contribution is 2.49. The number of aromatic nitrogens is 3. The fourth-order valence-electron chi connectivity index (χ4n) is 7.15. The number of carbonyl (C=O) groups is 3. The average Bonchev–Trinajstić information content (AvgIpc) is 4.26. The second-order valence-electron chi connectivity index (χ2n) is 15.1. The average molecular weight is 960 g/mol. The first kappa shape index (κ1) is 51.1. The van der Waals surface area contributed by atoms with Gasteiger partial charge in [0.25, 0.3) is 0 Å². The van der Waals surface area contributed by atoms with Crippen LogP contribution in [0.3, 0.4) is 0 Å². The van der Waals surface area contributed by atoms with Crippen molar-refractivity contribution in [1.29, 1.82) is 0 Å². The molecule has 8 rings (SSSR count). The van der Waals surface area contributed by atoms with Crippen LogP contribution in [0.5, 0.6) is 0 Å². The Kier molecular flexibility index (Phi) is 20.7. The molecule has 0 bridgehead atoms. The Labute approximate surface area is 394 Å². The van der Waals surface area contributed by atoms with E-state index in [4.69, 9.17) is 74.0 Å². The molecule has 2 saturated carbocycles. The summed E-state index contributed by atoms with van der Waals surface area (Å²) in [5.74, 6) is 1.92. The quantitative estimate of drug-likeness (QED) is 0.0625. The van der Waals surface area contributed by atoms with Crippen molar-refractivity contribution in [1.82, 2.24) is 15.0 Å². The predicted octanol–water partition coefficient (Wildman–Crippen LogP) is 6.54.